The molecule has 2 aromatic carbocycles. The Bertz CT molecular complexity index is 759. The summed E-state index contributed by atoms with van der Waals surface area (Å²) in [4.78, 5) is 13.5. The number of benzene rings is 2. The molecule has 2 rings (SSSR count). The van der Waals surface area contributed by atoms with Crippen LogP contribution in [0, 0.1) is 6.92 Å². The predicted molar refractivity (Wildman–Crippen MR) is 106 cm³/mol. The standard InChI is InChI=1S/C20H24Cl2N2O/c1-13(2)16-9-5-7-14(3)20(16)23-18(25)12-24(4)11-15-8-6-10-17(21)19(15)22/h5-10,13H,11-12H2,1-4H3,(H,23,25)/p+1. The van der Waals surface area contributed by atoms with Crippen molar-refractivity contribution in [2.45, 2.75) is 33.2 Å². The third-order valence-corrected chi connectivity index (χ3v) is 5.04. The van der Waals surface area contributed by atoms with E-state index in [9.17, 15) is 4.79 Å². The van der Waals surface area contributed by atoms with E-state index in [0.717, 1.165) is 27.3 Å². The molecular weight excluding hydrogens is 355 g/mol. The molecule has 3 nitrogen and oxygen atoms in total. The molecule has 0 aromatic heterocycles. The van der Waals surface area contributed by atoms with Crippen molar-refractivity contribution in [2.75, 3.05) is 18.9 Å². The Morgan fingerprint density at radius 1 is 1.16 bits per heavy atom. The zero-order valence-corrected chi connectivity index (χ0v) is 16.6. The van der Waals surface area contributed by atoms with Crippen molar-refractivity contribution in [2.24, 2.45) is 0 Å². The molecule has 25 heavy (non-hydrogen) atoms. The maximum absolute atomic E-state index is 12.5. The number of hydrogen-bond acceptors (Lipinski definition) is 1. The average molecular weight is 380 g/mol. The molecule has 0 aliphatic rings. The molecule has 0 fully saturated rings. The molecule has 0 aliphatic heterocycles. The molecular formula is C20H25Cl2N2O+. The zero-order valence-electron chi connectivity index (χ0n) is 15.1. The monoisotopic (exact) mass is 379 g/mol. The first kappa shape index (κ1) is 19.8. The van der Waals surface area contributed by atoms with Gasteiger partial charge in [-0.3, -0.25) is 4.79 Å². The number of para-hydroxylation sites is 1. The minimum absolute atomic E-state index is 0.00755. The Balaban J connectivity index is 2.04. The van der Waals surface area contributed by atoms with Crippen LogP contribution >= 0.6 is 23.2 Å². The van der Waals surface area contributed by atoms with E-state index < -0.39 is 0 Å². The second kappa shape index (κ2) is 8.70. The summed E-state index contributed by atoms with van der Waals surface area (Å²) in [6.45, 7) is 7.27. The van der Waals surface area contributed by atoms with Gasteiger partial charge in [0.15, 0.2) is 6.54 Å². The van der Waals surface area contributed by atoms with Gasteiger partial charge in [-0.05, 0) is 30.0 Å². The van der Waals surface area contributed by atoms with Crippen molar-refractivity contribution in [1.29, 1.82) is 0 Å². The van der Waals surface area contributed by atoms with Crippen molar-refractivity contribution < 1.29 is 9.69 Å². The lowest BCUT2D eigenvalue weighted by Gasteiger charge is -2.18. The maximum Gasteiger partial charge on any atom is 0.279 e. The number of halogens is 2. The van der Waals surface area contributed by atoms with Crippen molar-refractivity contribution in [3.63, 3.8) is 0 Å². The number of hydrogen-bond donors (Lipinski definition) is 2. The van der Waals surface area contributed by atoms with Crippen LogP contribution in [0.3, 0.4) is 0 Å². The van der Waals surface area contributed by atoms with E-state index in [1.807, 2.05) is 38.2 Å². The van der Waals surface area contributed by atoms with Crippen LogP contribution in [0.2, 0.25) is 10.0 Å². The molecule has 1 atom stereocenters. The number of nitrogens with one attached hydrogen (secondary N) is 2. The SMILES string of the molecule is Cc1cccc(C(C)C)c1NC(=O)C[NH+](C)Cc1cccc(Cl)c1Cl. The fourth-order valence-electron chi connectivity index (χ4n) is 2.87. The van der Waals surface area contributed by atoms with Crippen molar-refractivity contribution in [1.82, 2.24) is 0 Å². The minimum atomic E-state index is -0.00755. The van der Waals surface area contributed by atoms with E-state index in [-0.39, 0.29) is 5.91 Å². The Kier molecular flexibility index (Phi) is 6.88. The van der Waals surface area contributed by atoms with E-state index in [2.05, 4.69) is 25.2 Å². The Hall–Kier alpha value is -1.55. The molecule has 0 radical (unpaired) electrons. The molecule has 134 valence electrons. The predicted octanol–water partition coefficient (Wildman–Crippen LogP) is 4.08. The topological polar surface area (TPSA) is 33.5 Å². The first-order valence-electron chi connectivity index (χ1n) is 8.43. The van der Waals surface area contributed by atoms with E-state index in [0.29, 0.717) is 29.1 Å². The maximum atomic E-state index is 12.5. The fraction of sp³-hybridized carbons (Fsp3) is 0.350. The van der Waals surface area contributed by atoms with Gasteiger partial charge < -0.3 is 10.2 Å². The molecule has 0 bridgehead atoms. The molecule has 0 spiro atoms. The number of rotatable bonds is 6. The molecule has 5 heteroatoms. The summed E-state index contributed by atoms with van der Waals surface area (Å²) in [6.07, 6.45) is 0. The quantitative estimate of drug-likeness (QED) is 0.778. The van der Waals surface area contributed by atoms with Gasteiger partial charge in [0, 0.05) is 11.3 Å². The normalized spacial score (nSPS) is 12.3. The van der Waals surface area contributed by atoms with Crippen LogP contribution in [-0.4, -0.2) is 19.5 Å². The van der Waals surface area contributed by atoms with Gasteiger partial charge in [-0.2, -0.15) is 0 Å². The second-order valence-corrected chi connectivity index (χ2v) is 7.55. The highest BCUT2D eigenvalue weighted by molar-refractivity contribution is 6.42. The molecule has 2 N–H and O–H groups in total. The number of amides is 1. The third kappa shape index (κ3) is 5.21. The number of likely N-dealkylation sites (N-methyl/N-ethyl adjacent to an activating group) is 1. The van der Waals surface area contributed by atoms with E-state index in [4.69, 9.17) is 23.2 Å². The van der Waals surface area contributed by atoms with Crippen molar-refractivity contribution >= 4 is 34.8 Å². The van der Waals surface area contributed by atoms with E-state index >= 15 is 0 Å². The number of anilines is 1. The van der Waals surface area contributed by atoms with Gasteiger partial charge in [0.2, 0.25) is 0 Å². The van der Waals surface area contributed by atoms with Crippen molar-refractivity contribution in [3.8, 4) is 0 Å². The molecule has 0 aliphatic carbocycles. The largest absolute Gasteiger partial charge is 0.326 e. The number of carbonyl (C=O) groups is 1. The van der Waals surface area contributed by atoms with Crippen LogP contribution in [0.25, 0.3) is 0 Å². The second-order valence-electron chi connectivity index (χ2n) is 6.77. The lowest BCUT2D eigenvalue weighted by molar-refractivity contribution is -0.885. The van der Waals surface area contributed by atoms with Crippen LogP contribution < -0.4 is 10.2 Å². The number of quaternary nitrogens is 1. The molecule has 0 heterocycles. The Morgan fingerprint density at radius 3 is 2.52 bits per heavy atom. The summed E-state index contributed by atoms with van der Waals surface area (Å²) < 4.78 is 0. The average Bonchev–Trinajstić information content (AvgIpc) is 2.53. The summed E-state index contributed by atoms with van der Waals surface area (Å²) in [5.41, 5.74) is 4.10. The van der Waals surface area contributed by atoms with Crippen LogP contribution in [0.5, 0.6) is 0 Å². The van der Waals surface area contributed by atoms with E-state index in [1.165, 1.54) is 0 Å². The van der Waals surface area contributed by atoms with E-state index in [1.54, 1.807) is 6.07 Å². The van der Waals surface area contributed by atoms with Gasteiger partial charge in [-0.1, -0.05) is 67.4 Å². The Morgan fingerprint density at radius 2 is 1.84 bits per heavy atom. The number of carbonyl (C=O) groups excluding carboxylic acids is 1. The smallest absolute Gasteiger partial charge is 0.279 e. The van der Waals surface area contributed by atoms with Crippen LogP contribution in [-0.2, 0) is 11.3 Å². The van der Waals surface area contributed by atoms with Gasteiger partial charge in [0.1, 0.15) is 6.54 Å². The van der Waals surface area contributed by atoms with Crippen molar-refractivity contribution in [3.05, 3.63) is 63.1 Å². The summed E-state index contributed by atoms with van der Waals surface area (Å²) >= 11 is 12.3. The van der Waals surface area contributed by atoms with Crippen LogP contribution in [0.1, 0.15) is 36.5 Å². The highest BCUT2D eigenvalue weighted by Crippen LogP contribution is 2.27. The highest BCUT2D eigenvalue weighted by atomic mass is 35.5. The van der Waals surface area contributed by atoms with Crippen LogP contribution in [0.4, 0.5) is 5.69 Å². The molecule has 0 saturated carbocycles. The first-order chi connectivity index (χ1) is 11.8. The molecule has 1 unspecified atom stereocenters. The Labute approximate surface area is 159 Å². The van der Waals surface area contributed by atoms with Gasteiger partial charge in [-0.25, -0.2) is 0 Å². The summed E-state index contributed by atoms with van der Waals surface area (Å²) in [5, 5.41) is 4.18. The summed E-state index contributed by atoms with van der Waals surface area (Å²) in [6, 6.07) is 11.7. The van der Waals surface area contributed by atoms with Gasteiger partial charge >= 0.3 is 0 Å². The lowest BCUT2D eigenvalue weighted by atomic mass is 9.98. The summed E-state index contributed by atoms with van der Waals surface area (Å²) in [7, 11) is 1.97. The molecule has 0 saturated heterocycles. The van der Waals surface area contributed by atoms with Gasteiger partial charge in [0.05, 0.1) is 17.1 Å². The van der Waals surface area contributed by atoms with Crippen LogP contribution in [0.15, 0.2) is 36.4 Å². The summed E-state index contributed by atoms with van der Waals surface area (Å²) in [5.74, 6) is 0.345. The highest BCUT2D eigenvalue weighted by Gasteiger charge is 2.16. The number of aryl methyl sites for hydroxylation is 1. The zero-order chi connectivity index (χ0) is 18.6. The minimum Gasteiger partial charge on any atom is -0.326 e. The molecule has 1 amide bonds. The lowest BCUT2D eigenvalue weighted by Crippen LogP contribution is -3.08. The molecule has 2 aromatic rings. The fourth-order valence-corrected chi connectivity index (χ4v) is 3.26. The third-order valence-electron chi connectivity index (χ3n) is 4.18. The van der Waals surface area contributed by atoms with Gasteiger partial charge in [-0.15, -0.1) is 0 Å². The first-order valence-corrected chi connectivity index (χ1v) is 9.18. The van der Waals surface area contributed by atoms with Gasteiger partial charge in [0.25, 0.3) is 5.91 Å².